The fourth-order valence-electron chi connectivity index (χ4n) is 2.47. The summed E-state index contributed by atoms with van der Waals surface area (Å²) in [5.41, 5.74) is 6.08. The van der Waals surface area contributed by atoms with E-state index < -0.39 is 43.1 Å². The molecule has 0 spiro atoms. The van der Waals surface area contributed by atoms with Gasteiger partial charge in [-0.1, -0.05) is 0 Å². The molecule has 0 aromatic carbocycles. The highest BCUT2D eigenvalue weighted by Crippen LogP contribution is 2.31. The Morgan fingerprint density at radius 3 is 2.79 bits per heavy atom. The molecule has 130 valence electrons. The minimum atomic E-state index is -1.27. The molecule has 0 saturated carbocycles. The van der Waals surface area contributed by atoms with Gasteiger partial charge in [-0.3, -0.25) is 9.36 Å². The van der Waals surface area contributed by atoms with Gasteiger partial charge in [0.05, 0.1) is 19.0 Å². The van der Waals surface area contributed by atoms with Crippen molar-refractivity contribution in [2.75, 3.05) is 11.9 Å². The molecule has 1 amide bonds. The van der Waals surface area contributed by atoms with E-state index in [0.29, 0.717) is 5.65 Å². The van der Waals surface area contributed by atoms with Gasteiger partial charge in [-0.15, -0.1) is 0 Å². The van der Waals surface area contributed by atoms with E-state index in [9.17, 15) is 20.1 Å². The lowest BCUT2D eigenvalue weighted by atomic mass is 10.1. The molecule has 2 aromatic heterocycles. The number of imidazole rings is 1. The number of rotatable bonds is 4. The van der Waals surface area contributed by atoms with Crippen molar-refractivity contribution in [3.8, 4) is 0 Å². The van der Waals surface area contributed by atoms with Gasteiger partial charge in [0.1, 0.15) is 24.6 Å². The van der Waals surface area contributed by atoms with Crippen molar-refractivity contribution in [2.45, 2.75) is 37.5 Å². The summed E-state index contributed by atoms with van der Waals surface area (Å²) >= 11 is 0. The van der Waals surface area contributed by atoms with Crippen molar-refractivity contribution in [3.05, 3.63) is 12.7 Å². The molecule has 1 aliphatic rings. The summed E-state index contributed by atoms with van der Waals surface area (Å²) in [5.74, 6) is -0.259. The summed E-state index contributed by atoms with van der Waals surface area (Å²) < 4.78 is 6.86. The van der Waals surface area contributed by atoms with E-state index in [1.807, 2.05) is 0 Å². The van der Waals surface area contributed by atoms with Crippen LogP contribution in [0.5, 0.6) is 0 Å². The van der Waals surface area contributed by atoms with E-state index in [0.717, 1.165) is 0 Å². The van der Waals surface area contributed by atoms with Crippen molar-refractivity contribution in [2.24, 2.45) is 5.73 Å². The molecule has 11 nitrogen and oxygen atoms in total. The first kappa shape index (κ1) is 16.7. The fraction of sp³-hybridized carbons (Fsp3) is 0.538. The molecule has 1 fully saturated rings. The van der Waals surface area contributed by atoms with E-state index in [1.54, 1.807) is 0 Å². The van der Waals surface area contributed by atoms with Crippen molar-refractivity contribution in [1.29, 1.82) is 0 Å². The number of aliphatic hydroxyl groups excluding tert-OH is 3. The van der Waals surface area contributed by atoms with Crippen LogP contribution in [0.3, 0.4) is 0 Å². The zero-order valence-electron chi connectivity index (χ0n) is 12.8. The van der Waals surface area contributed by atoms with Gasteiger partial charge >= 0.3 is 0 Å². The van der Waals surface area contributed by atoms with Crippen LogP contribution < -0.4 is 11.1 Å². The molecule has 24 heavy (non-hydrogen) atoms. The summed E-state index contributed by atoms with van der Waals surface area (Å²) in [6, 6.07) is -0.724. The molecule has 0 bridgehead atoms. The molecule has 1 saturated heterocycles. The largest absolute Gasteiger partial charge is 0.394 e. The molecule has 5 atom stereocenters. The van der Waals surface area contributed by atoms with Gasteiger partial charge in [0, 0.05) is 0 Å². The third-order valence-electron chi connectivity index (χ3n) is 3.81. The predicted molar refractivity (Wildman–Crippen MR) is 80.6 cm³/mol. The number of carbonyl (C=O) groups is 1. The van der Waals surface area contributed by atoms with Crippen LogP contribution >= 0.6 is 0 Å². The number of aliphatic hydroxyl groups is 3. The maximum absolute atomic E-state index is 11.7. The number of nitrogens with zero attached hydrogens (tertiary/aromatic N) is 4. The Morgan fingerprint density at radius 2 is 2.17 bits per heavy atom. The highest BCUT2D eigenvalue weighted by molar-refractivity contribution is 5.99. The Bertz CT molecular complexity index is 750. The number of carbonyl (C=O) groups excluding carboxylic acids is 1. The first-order valence-electron chi connectivity index (χ1n) is 7.30. The normalized spacial score (nSPS) is 28.2. The number of hydrogen-bond donors (Lipinski definition) is 5. The molecule has 6 N–H and O–H groups in total. The zero-order chi connectivity index (χ0) is 17.4. The number of nitrogens with one attached hydrogen (secondary N) is 1. The smallest absolute Gasteiger partial charge is 0.242 e. The summed E-state index contributed by atoms with van der Waals surface area (Å²) in [6.07, 6.45) is -1.83. The van der Waals surface area contributed by atoms with Crippen molar-refractivity contribution >= 4 is 22.9 Å². The van der Waals surface area contributed by atoms with E-state index in [-0.39, 0.29) is 11.3 Å². The van der Waals surface area contributed by atoms with Crippen LogP contribution in [0, 0.1) is 0 Å². The number of ether oxygens (including phenoxy) is 1. The van der Waals surface area contributed by atoms with E-state index in [2.05, 4.69) is 20.3 Å². The van der Waals surface area contributed by atoms with Gasteiger partial charge < -0.3 is 31.1 Å². The number of aromatic nitrogens is 4. The number of amides is 1. The summed E-state index contributed by atoms with van der Waals surface area (Å²) in [7, 11) is 0. The quantitative estimate of drug-likeness (QED) is 0.412. The molecule has 3 rings (SSSR count). The van der Waals surface area contributed by atoms with Crippen molar-refractivity contribution < 1.29 is 24.9 Å². The monoisotopic (exact) mass is 338 g/mol. The standard InChI is InChI=1S/C13H18N6O5/c1-5(14)12(23)18-10-7-11(16-3-15-10)19(4-17-7)13-9(22)8(21)6(2-20)24-13/h3-6,8-9,13,20-22H,2,14H2,1H3,(H,15,16,18,23)/t5-,6+,8+,9+,13+/m0/s1. The first-order valence-corrected chi connectivity index (χ1v) is 7.30. The minimum Gasteiger partial charge on any atom is -0.394 e. The fourth-order valence-corrected chi connectivity index (χ4v) is 2.47. The van der Waals surface area contributed by atoms with Crippen LogP contribution in [0.15, 0.2) is 12.7 Å². The molecule has 3 heterocycles. The van der Waals surface area contributed by atoms with E-state index in [1.165, 1.54) is 24.1 Å². The van der Waals surface area contributed by atoms with Gasteiger partial charge in [0.25, 0.3) is 0 Å². The number of anilines is 1. The van der Waals surface area contributed by atoms with E-state index >= 15 is 0 Å². The Kier molecular flexibility index (Phi) is 4.43. The highest BCUT2D eigenvalue weighted by atomic mass is 16.6. The first-order chi connectivity index (χ1) is 11.4. The van der Waals surface area contributed by atoms with Crippen molar-refractivity contribution in [3.63, 3.8) is 0 Å². The average molecular weight is 338 g/mol. The molecule has 2 aromatic rings. The summed E-state index contributed by atoms with van der Waals surface area (Å²) in [6.45, 7) is 1.09. The second kappa shape index (κ2) is 6.37. The number of nitrogens with two attached hydrogens (primary N) is 1. The Balaban J connectivity index is 1.96. The van der Waals surface area contributed by atoms with Crippen LogP contribution in [-0.4, -0.2) is 71.7 Å². The minimum absolute atomic E-state index is 0.174. The molecular weight excluding hydrogens is 320 g/mol. The maximum atomic E-state index is 11.7. The average Bonchev–Trinajstić information content (AvgIpc) is 3.10. The molecule has 0 unspecified atom stereocenters. The molecule has 1 aliphatic heterocycles. The third-order valence-corrected chi connectivity index (χ3v) is 3.81. The van der Waals surface area contributed by atoms with Crippen LogP contribution in [0.1, 0.15) is 13.2 Å². The lowest BCUT2D eigenvalue weighted by Gasteiger charge is -2.16. The van der Waals surface area contributed by atoms with Gasteiger partial charge in [-0.05, 0) is 6.92 Å². The van der Waals surface area contributed by atoms with Gasteiger partial charge in [-0.2, -0.15) is 0 Å². The second-order valence-corrected chi connectivity index (χ2v) is 5.55. The summed E-state index contributed by atoms with van der Waals surface area (Å²) in [5, 5.41) is 31.7. The lowest BCUT2D eigenvalue weighted by molar-refractivity contribution is -0.117. The zero-order valence-corrected chi connectivity index (χ0v) is 12.8. The number of hydrogen-bond acceptors (Lipinski definition) is 9. The van der Waals surface area contributed by atoms with Gasteiger partial charge in [0.2, 0.25) is 5.91 Å². The SMILES string of the molecule is C[C@H](N)C(=O)Nc1ncnc2c1ncn2[C@@H]1O[C@H](CO)[C@@H](O)[C@H]1O. The van der Waals surface area contributed by atoms with Crippen LogP contribution in [0.25, 0.3) is 11.2 Å². The summed E-state index contributed by atoms with van der Waals surface area (Å²) in [4.78, 5) is 23.9. The Labute approximate surface area is 136 Å². The maximum Gasteiger partial charge on any atom is 0.242 e. The third kappa shape index (κ3) is 2.72. The van der Waals surface area contributed by atoms with Crippen molar-refractivity contribution in [1.82, 2.24) is 19.5 Å². The molecule has 0 aliphatic carbocycles. The molecule has 0 radical (unpaired) electrons. The predicted octanol–water partition coefficient (Wildman–Crippen LogP) is -2.28. The van der Waals surface area contributed by atoms with Crippen LogP contribution in [-0.2, 0) is 9.53 Å². The van der Waals surface area contributed by atoms with E-state index in [4.69, 9.17) is 10.5 Å². The van der Waals surface area contributed by atoms with Gasteiger partial charge in [-0.25, -0.2) is 15.0 Å². The highest BCUT2D eigenvalue weighted by Gasteiger charge is 2.44. The van der Waals surface area contributed by atoms with Crippen LogP contribution in [0.2, 0.25) is 0 Å². The van der Waals surface area contributed by atoms with Gasteiger partial charge in [0.15, 0.2) is 23.2 Å². The lowest BCUT2D eigenvalue weighted by Crippen LogP contribution is -2.33. The topological polar surface area (TPSA) is 169 Å². The molecular formula is C13H18N6O5. The Hall–Kier alpha value is -2.18. The Morgan fingerprint density at radius 1 is 1.42 bits per heavy atom. The molecule has 11 heteroatoms. The number of fused-ring (bicyclic) bond motifs is 1. The second-order valence-electron chi connectivity index (χ2n) is 5.55. The van der Waals surface area contributed by atoms with Crippen LogP contribution in [0.4, 0.5) is 5.82 Å².